The molecule has 4 nitrogen and oxygen atoms in total. The standard InChI is InChI=1S/C9H15F3N2O2/c1-2-8(4-3-5-13-8)7(15)14-16-6-9(10,11)12/h13H,2-6H2,1H3,(H,14,15). The summed E-state index contributed by atoms with van der Waals surface area (Å²) in [4.78, 5) is 15.8. The molecule has 1 heterocycles. The van der Waals surface area contributed by atoms with Crippen molar-refractivity contribution in [3.63, 3.8) is 0 Å². The maximum absolute atomic E-state index is 11.8. The summed E-state index contributed by atoms with van der Waals surface area (Å²) in [5.74, 6) is -0.531. The predicted molar refractivity (Wildman–Crippen MR) is 50.4 cm³/mol. The van der Waals surface area contributed by atoms with Gasteiger partial charge in [-0.3, -0.25) is 9.63 Å². The van der Waals surface area contributed by atoms with E-state index in [1.165, 1.54) is 0 Å². The molecule has 2 N–H and O–H groups in total. The van der Waals surface area contributed by atoms with Gasteiger partial charge in [0.05, 0.1) is 5.54 Å². The van der Waals surface area contributed by atoms with Crippen molar-refractivity contribution in [3.8, 4) is 0 Å². The van der Waals surface area contributed by atoms with E-state index in [4.69, 9.17) is 0 Å². The summed E-state index contributed by atoms with van der Waals surface area (Å²) in [5, 5.41) is 2.99. The SMILES string of the molecule is CCC1(C(=O)NOCC(F)(F)F)CCCN1. The van der Waals surface area contributed by atoms with Crippen LogP contribution in [0.4, 0.5) is 13.2 Å². The van der Waals surface area contributed by atoms with Crippen molar-refractivity contribution in [1.29, 1.82) is 0 Å². The molecule has 0 radical (unpaired) electrons. The molecule has 1 unspecified atom stereocenters. The molecule has 1 aliphatic rings. The molecular weight excluding hydrogens is 225 g/mol. The second-order valence-corrected chi connectivity index (χ2v) is 3.80. The summed E-state index contributed by atoms with van der Waals surface area (Å²) in [7, 11) is 0. The first-order valence-electron chi connectivity index (χ1n) is 5.14. The lowest BCUT2D eigenvalue weighted by molar-refractivity contribution is -0.193. The quantitative estimate of drug-likeness (QED) is 0.724. The van der Waals surface area contributed by atoms with Crippen molar-refractivity contribution in [2.24, 2.45) is 0 Å². The summed E-state index contributed by atoms with van der Waals surface area (Å²) < 4.78 is 35.3. The van der Waals surface area contributed by atoms with E-state index in [-0.39, 0.29) is 0 Å². The number of rotatable bonds is 4. The van der Waals surface area contributed by atoms with Crippen LogP contribution < -0.4 is 10.8 Å². The van der Waals surface area contributed by atoms with E-state index in [1.54, 1.807) is 0 Å². The van der Waals surface area contributed by atoms with Gasteiger partial charge in [-0.15, -0.1) is 0 Å². The van der Waals surface area contributed by atoms with E-state index in [2.05, 4.69) is 10.2 Å². The van der Waals surface area contributed by atoms with Crippen molar-refractivity contribution in [2.75, 3.05) is 13.2 Å². The molecule has 0 bridgehead atoms. The van der Waals surface area contributed by atoms with Crippen LogP contribution in [0.3, 0.4) is 0 Å². The second kappa shape index (κ2) is 5.01. The zero-order valence-electron chi connectivity index (χ0n) is 8.99. The molecular formula is C9H15F3N2O2. The molecule has 7 heteroatoms. The monoisotopic (exact) mass is 240 g/mol. The number of halogens is 3. The van der Waals surface area contributed by atoms with Gasteiger partial charge in [0.1, 0.15) is 0 Å². The molecule has 1 amide bonds. The lowest BCUT2D eigenvalue weighted by Gasteiger charge is -2.26. The van der Waals surface area contributed by atoms with Crippen molar-refractivity contribution < 1.29 is 22.8 Å². The van der Waals surface area contributed by atoms with Gasteiger partial charge in [-0.1, -0.05) is 6.92 Å². The molecule has 94 valence electrons. The topological polar surface area (TPSA) is 50.4 Å². The van der Waals surface area contributed by atoms with Crippen molar-refractivity contribution in [2.45, 2.75) is 37.9 Å². The van der Waals surface area contributed by atoms with Gasteiger partial charge in [0.15, 0.2) is 6.61 Å². The Bertz CT molecular complexity index is 250. The Labute approximate surface area is 91.5 Å². The van der Waals surface area contributed by atoms with Gasteiger partial charge >= 0.3 is 6.18 Å². The highest BCUT2D eigenvalue weighted by atomic mass is 19.4. The fourth-order valence-electron chi connectivity index (χ4n) is 1.74. The minimum Gasteiger partial charge on any atom is -0.303 e. The molecule has 0 saturated carbocycles. The zero-order chi connectivity index (χ0) is 12.2. The first-order valence-corrected chi connectivity index (χ1v) is 5.14. The Kier molecular flexibility index (Phi) is 4.15. The molecule has 16 heavy (non-hydrogen) atoms. The molecule has 1 saturated heterocycles. The molecule has 0 spiro atoms. The van der Waals surface area contributed by atoms with Crippen LogP contribution in [0.2, 0.25) is 0 Å². The van der Waals surface area contributed by atoms with Gasteiger partial charge in [-0.2, -0.15) is 13.2 Å². The first kappa shape index (κ1) is 13.2. The number of hydrogen-bond donors (Lipinski definition) is 2. The van der Waals surface area contributed by atoms with E-state index in [0.717, 1.165) is 6.42 Å². The van der Waals surface area contributed by atoms with Crippen LogP contribution >= 0.6 is 0 Å². The number of carbonyl (C=O) groups is 1. The third-order valence-corrected chi connectivity index (χ3v) is 2.68. The third kappa shape index (κ3) is 3.34. The Balaban J connectivity index is 2.39. The average Bonchev–Trinajstić information content (AvgIpc) is 2.65. The number of carbonyl (C=O) groups excluding carboxylic acids is 1. The maximum Gasteiger partial charge on any atom is 0.414 e. The number of hydrogen-bond acceptors (Lipinski definition) is 3. The molecule has 0 aromatic heterocycles. The number of hydroxylamine groups is 1. The Morgan fingerprint density at radius 2 is 2.25 bits per heavy atom. The first-order chi connectivity index (χ1) is 7.40. The van der Waals surface area contributed by atoms with Gasteiger partial charge in [0, 0.05) is 0 Å². The van der Waals surface area contributed by atoms with Gasteiger partial charge in [-0.25, -0.2) is 5.48 Å². The predicted octanol–water partition coefficient (Wildman–Crippen LogP) is 1.13. The van der Waals surface area contributed by atoms with Crippen molar-refractivity contribution >= 4 is 5.91 Å². The summed E-state index contributed by atoms with van der Waals surface area (Å²) >= 11 is 0. The van der Waals surface area contributed by atoms with Crippen molar-refractivity contribution in [3.05, 3.63) is 0 Å². The third-order valence-electron chi connectivity index (χ3n) is 2.68. The van der Waals surface area contributed by atoms with Crippen LogP contribution in [-0.4, -0.2) is 30.8 Å². The Hall–Kier alpha value is -0.820. The van der Waals surface area contributed by atoms with Crippen LogP contribution in [0.1, 0.15) is 26.2 Å². The van der Waals surface area contributed by atoms with E-state index < -0.39 is 24.2 Å². The second-order valence-electron chi connectivity index (χ2n) is 3.80. The smallest absolute Gasteiger partial charge is 0.303 e. The van der Waals surface area contributed by atoms with E-state index in [9.17, 15) is 18.0 Å². The molecule has 0 aliphatic carbocycles. The summed E-state index contributed by atoms with van der Waals surface area (Å²) in [6, 6.07) is 0. The molecule has 1 fully saturated rings. The summed E-state index contributed by atoms with van der Waals surface area (Å²) in [5.41, 5.74) is 1.08. The van der Waals surface area contributed by atoms with E-state index in [1.807, 2.05) is 12.4 Å². The van der Waals surface area contributed by atoms with E-state index >= 15 is 0 Å². The molecule has 0 aromatic rings. The molecule has 1 aliphatic heterocycles. The highest BCUT2D eigenvalue weighted by molar-refractivity contribution is 5.85. The summed E-state index contributed by atoms with van der Waals surface area (Å²) in [6.07, 6.45) is -2.46. The normalized spacial score (nSPS) is 25.8. The van der Waals surface area contributed by atoms with Crippen LogP contribution in [-0.2, 0) is 9.63 Å². The Morgan fingerprint density at radius 3 is 2.69 bits per heavy atom. The highest BCUT2D eigenvalue weighted by Crippen LogP contribution is 2.23. The van der Waals surface area contributed by atoms with Gasteiger partial charge in [0.25, 0.3) is 5.91 Å². The van der Waals surface area contributed by atoms with Crippen LogP contribution in [0, 0.1) is 0 Å². The number of amides is 1. The van der Waals surface area contributed by atoms with Crippen LogP contribution in [0.25, 0.3) is 0 Å². The minimum absolute atomic E-state index is 0.522. The lowest BCUT2D eigenvalue weighted by atomic mass is 9.94. The highest BCUT2D eigenvalue weighted by Gasteiger charge is 2.39. The molecule has 1 rings (SSSR count). The molecule has 1 atom stereocenters. The summed E-state index contributed by atoms with van der Waals surface area (Å²) in [6.45, 7) is 1.03. The van der Waals surface area contributed by atoms with Gasteiger partial charge in [0.2, 0.25) is 0 Å². The zero-order valence-corrected chi connectivity index (χ0v) is 8.99. The number of nitrogens with one attached hydrogen (secondary N) is 2. The van der Waals surface area contributed by atoms with Gasteiger partial charge < -0.3 is 5.32 Å². The average molecular weight is 240 g/mol. The van der Waals surface area contributed by atoms with Crippen LogP contribution in [0.15, 0.2) is 0 Å². The molecule has 0 aromatic carbocycles. The van der Waals surface area contributed by atoms with Crippen molar-refractivity contribution in [1.82, 2.24) is 10.8 Å². The van der Waals surface area contributed by atoms with Gasteiger partial charge in [-0.05, 0) is 25.8 Å². The number of alkyl halides is 3. The van der Waals surface area contributed by atoms with E-state index in [0.29, 0.717) is 19.4 Å². The Morgan fingerprint density at radius 1 is 1.56 bits per heavy atom. The largest absolute Gasteiger partial charge is 0.414 e. The minimum atomic E-state index is -4.43. The van der Waals surface area contributed by atoms with Crippen LogP contribution in [0.5, 0.6) is 0 Å². The lowest BCUT2D eigenvalue weighted by Crippen LogP contribution is -2.53. The fraction of sp³-hybridized carbons (Fsp3) is 0.889. The fourth-order valence-corrected chi connectivity index (χ4v) is 1.74. The maximum atomic E-state index is 11.8.